The van der Waals surface area contributed by atoms with E-state index in [1.807, 2.05) is 18.5 Å². The molecule has 0 amide bonds. The van der Waals surface area contributed by atoms with Crippen molar-refractivity contribution < 1.29 is 0 Å². The molecule has 1 atom stereocenters. The van der Waals surface area contributed by atoms with Crippen LogP contribution < -0.4 is 0 Å². The second-order valence-corrected chi connectivity index (χ2v) is 6.05. The third kappa shape index (κ3) is 3.29. The molecule has 1 aliphatic rings. The first-order valence-electron chi connectivity index (χ1n) is 7.74. The van der Waals surface area contributed by atoms with Crippen molar-refractivity contribution in [1.29, 1.82) is 0 Å². The van der Waals surface area contributed by atoms with Gasteiger partial charge >= 0.3 is 0 Å². The molecule has 0 radical (unpaired) electrons. The van der Waals surface area contributed by atoms with Gasteiger partial charge in [-0.15, -0.1) is 0 Å². The summed E-state index contributed by atoms with van der Waals surface area (Å²) < 4.78 is 2.26. The first kappa shape index (κ1) is 14.2. The molecule has 3 heterocycles. The van der Waals surface area contributed by atoms with Crippen LogP contribution in [0.2, 0.25) is 0 Å². The van der Waals surface area contributed by atoms with Crippen molar-refractivity contribution in [3.05, 3.63) is 42.5 Å². The highest BCUT2D eigenvalue weighted by molar-refractivity contribution is 5.08. The fraction of sp³-hybridized carbons (Fsp3) is 0.562. The Morgan fingerprint density at radius 1 is 1.29 bits per heavy atom. The van der Waals surface area contributed by atoms with E-state index in [2.05, 4.69) is 44.5 Å². The Kier molecular flexibility index (Phi) is 4.29. The fourth-order valence-corrected chi connectivity index (χ4v) is 3.12. The lowest BCUT2D eigenvalue weighted by molar-refractivity contribution is 0.191. The highest BCUT2D eigenvalue weighted by Gasteiger charge is 2.23. The van der Waals surface area contributed by atoms with Crippen LogP contribution in [-0.2, 0) is 6.54 Å². The average molecular weight is 285 g/mol. The monoisotopic (exact) mass is 285 g/mol. The van der Waals surface area contributed by atoms with Gasteiger partial charge < -0.3 is 4.57 Å². The average Bonchev–Trinajstić information content (AvgIpc) is 2.97. The van der Waals surface area contributed by atoms with Crippen LogP contribution in [0.15, 0.2) is 31.0 Å². The molecule has 0 N–H and O–H groups in total. The minimum Gasteiger partial charge on any atom is -0.331 e. The van der Waals surface area contributed by atoms with Crippen LogP contribution in [0.5, 0.6) is 0 Å². The highest BCUT2D eigenvalue weighted by Crippen LogP contribution is 2.26. The lowest BCUT2D eigenvalue weighted by Crippen LogP contribution is -2.35. The molecule has 5 nitrogen and oxygen atoms in total. The van der Waals surface area contributed by atoms with Crippen LogP contribution in [0.4, 0.5) is 0 Å². The van der Waals surface area contributed by atoms with E-state index in [1.54, 1.807) is 6.33 Å². The molecule has 1 aliphatic heterocycles. The molecule has 2 aromatic rings. The Morgan fingerprint density at radius 3 is 2.95 bits per heavy atom. The zero-order valence-electron chi connectivity index (χ0n) is 12.8. The van der Waals surface area contributed by atoms with Gasteiger partial charge in [0, 0.05) is 42.8 Å². The van der Waals surface area contributed by atoms with Crippen molar-refractivity contribution >= 4 is 0 Å². The largest absolute Gasteiger partial charge is 0.331 e. The van der Waals surface area contributed by atoms with Crippen LogP contribution >= 0.6 is 0 Å². The Balaban J connectivity index is 1.68. The van der Waals surface area contributed by atoms with E-state index in [9.17, 15) is 0 Å². The summed E-state index contributed by atoms with van der Waals surface area (Å²) in [7, 11) is 0. The Bertz CT molecular complexity index is 563. The Hall–Kier alpha value is -1.75. The molecule has 0 spiro atoms. The Morgan fingerprint density at radius 2 is 2.19 bits per heavy atom. The smallest absolute Gasteiger partial charge is 0.123 e. The van der Waals surface area contributed by atoms with Crippen LogP contribution in [-0.4, -0.2) is 37.5 Å². The minimum absolute atomic E-state index is 0.463. The van der Waals surface area contributed by atoms with Crippen molar-refractivity contribution in [2.45, 2.75) is 45.2 Å². The van der Waals surface area contributed by atoms with Gasteiger partial charge in [0.15, 0.2) is 0 Å². The zero-order valence-corrected chi connectivity index (χ0v) is 12.8. The van der Waals surface area contributed by atoms with E-state index >= 15 is 0 Å². The number of aromatic nitrogens is 4. The van der Waals surface area contributed by atoms with Gasteiger partial charge in [-0.05, 0) is 39.3 Å². The van der Waals surface area contributed by atoms with E-state index in [0.29, 0.717) is 12.0 Å². The van der Waals surface area contributed by atoms with Crippen LogP contribution in [0.25, 0.3) is 0 Å². The number of hydrogen-bond acceptors (Lipinski definition) is 4. The summed E-state index contributed by atoms with van der Waals surface area (Å²) in [4.78, 5) is 15.5. The molecule has 0 aliphatic carbocycles. The summed E-state index contributed by atoms with van der Waals surface area (Å²) >= 11 is 0. The number of nitrogens with zero attached hydrogens (tertiary/aromatic N) is 5. The number of likely N-dealkylation sites (tertiary alicyclic amines) is 1. The van der Waals surface area contributed by atoms with Crippen LogP contribution in [0.3, 0.4) is 0 Å². The molecular weight excluding hydrogens is 262 g/mol. The second kappa shape index (κ2) is 6.35. The summed E-state index contributed by atoms with van der Waals surface area (Å²) in [6, 6.07) is 2.51. The molecule has 1 saturated heterocycles. The molecular formula is C16H23N5. The molecule has 112 valence electrons. The number of rotatable bonds is 4. The molecule has 1 fully saturated rings. The third-order valence-corrected chi connectivity index (χ3v) is 4.20. The second-order valence-electron chi connectivity index (χ2n) is 6.05. The van der Waals surface area contributed by atoms with E-state index in [1.165, 1.54) is 18.5 Å². The molecule has 0 bridgehead atoms. The summed E-state index contributed by atoms with van der Waals surface area (Å²) in [5, 5.41) is 0. The first-order chi connectivity index (χ1) is 10.2. The van der Waals surface area contributed by atoms with E-state index < -0.39 is 0 Å². The molecule has 0 aromatic carbocycles. The lowest BCUT2D eigenvalue weighted by atomic mass is 9.94. The Labute approximate surface area is 126 Å². The number of piperidine rings is 1. The third-order valence-electron chi connectivity index (χ3n) is 4.20. The maximum atomic E-state index is 4.52. The van der Waals surface area contributed by atoms with Gasteiger partial charge in [-0.3, -0.25) is 4.90 Å². The van der Waals surface area contributed by atoms with Gasteiger partial charge in [0.25, 0.3) is 0 Å². The maximum Gasteiger partial charge on any atom is 0.123 e. The van der Waals surface area contributed by atoms with Crippen LogP contribution in [0.1, 0.15) is 50.2 Å². The maximum absolute atomic E-state index is 4.52. The summed E-state index contributed by atoms with van der Waals surface area (Å²) in [6.07, 6.45) is 9.91. The van der Waals surface area contributed by atoms with Crippen LogP contribution in [0, 0.1) is 0 Å². The van der Waals surface area contributed by atoms with E-state index in [0.717, 1.165) is 25.5 Å². The minimum atomic E-state index is 0.463. The SMILES string of the molecule is CC(C)n1ccnc1CN1CCC[C@@H](c2ccncn2)C1. The van der Waals surface area contributed by atoms with Gasteiger partial charge in [-0.1, -0.05) is 0 Å². The molecule has 5 heteroatoms. The quantitative estimate of drug-likeness (QED) is 0.866. The standard InChI is InChI=1S/C16H23N5/c1-13(2)21-9-7-18-16(21)11-20-8-3-4-14(10-20)15-5-6-17-12-19-15/h5-7,9,12-14H,3-4,8,10-11H2,1-2H3/t14-/m1/s1. The van der Waals surface area contributed by atoms with Crippen molar-refractivity contribution in [3.63, 3.8) is 0 Å². The van der Waals surface area contributed by atoms with Crippen molar-refractivity contribution in [2.24, 2.45) is 0 Å². The van der Waals surface area contributed by atoms with Gasteiger partial charge in [0.2, 0.25) is 0 Å². The topological polar surface area (TPSA) is 46.8 Å². The first-order valence-corrected chi connectivity index (χ1v) is 7.74. The van der Waals surface area contributed by atoms with Gasteiger partial charge in [0.05, 0.1) is 6.54 Å². The van der Waals surface area contributed by atoms with Gasteiger partial charge in [-0.2, -0.15) is 0 Å². The summed E-state index contributed by atoms with van der Waals surface area (Å²) in [5.41, 5.74) is 1.17. The molecule has 0 unspecified atom stereocenters. The lowest BCUT2D eigenvalue weighted by Gasteiger charge is -2.32. The normalized spacial score (nSPS) is 20.0. The highest BCUT2D eigenvalue weighted by atomic mass is 15.2. The number of imidazole rings is 1. The fourth-order valence-electron chi connectivity index (χ4n) is 3.12. The molecule has 0 saturated carbocycles. The van der Waals surface area contributed by atoms with E-state index in [4.69, 9.17) is 0 Å². The molecule has 21 heavy (non-hydrogen) atoms. The van der Waals surface area contributed by atoms with Crippen molar-refractivity contribution in [3.8, 4) is 0 Å². The molecule has 2 aromatic heterocycles. The van der Waals surface area contributed by atoms with Crippen molar-refractivity contribution in [1.82, 2.24) is 24.4 Å². The van der Waals surface area contributed by atoms with E-state index in [-0.39, 0.29) is 0 Å². The summed E-state index contributed by atoms with van der Waals surface area (Å²) in [6.45, 7) is 7.53. The van der Waals surface area contributed by atoms with Crippen molar-refractivity contribution in [2.75, 3.05) is 13.1 Å². The predicted molar refractivity (Wildman–Crippen MR) is 81.9 cm³/mol. The molecule has 3 rings (SSSR count). The summed E-state index contributed by atoms with van der Waals surface area (Å²) in [5.74, 6) is 1.68. The predicted octanol–water partition coefficient (Wildman–Crippen LogP) is 2.63. The van der Waals surface area contributed by atoms with Gasteiger partial charge in [-0.25, -0.2) is 15.0 Å². The van der Waals surface area contributed by atoms with Gasteiger partial charge in [0.1, 0.15) is 12.2 Å². The number of hydrogen-bond donors (Lipinski definition) is 0. The zero-order chi connectivity index (χ0) is 14.7.